The molecule has 8 rings (SSSR count). The average molecular weight is 570 g/mol. The summed E-state index contributed by atoms with van der Waals surface area (Å²) >= 11 is 0. The van der Waals surface area contributed by atoms with Gasteiger partial charge in [0, 0.05) is 27.9 Å². The molecule has 0 aliphatic carbocycles. The predicted octanol–water partition coefficient (Wildman–Crippen LogP) is 10.6. The molecule has 0 unspecified atom stereocenters. The van der Waals surface area contributed by atoms with Crippen LogP contribution in [0.4, 0.5) is 0 Å². The van der Waals surface area contributed by atoms with Gasteiger partial charge in [0.15, 0.2) is 6.20 Å². The number of rotatable bonds is 3. The highest BCUT2D eigenvalue weighted by atomic mass is 15.0. The summed E-state index contributed by atoms with van der Waals surface area (Å²) in [6.07, 6.45) is 3.26. The molecule has 2 nitrogen and oxygen atoms in total. The van der Waals surface area contributed by atoms with Gasteiger partial charge in [-0.2, -0.15) is 0 Å². The van der Waals surface area contributed by atoms with Gasteiger partial charge < -0.3 is 4.57 Å². The number of benzene rings is 6. The summed E-state index contributed by atoms with van der Waals surface area (Å²) in [5, 5.41) is 10.4. The van der Waals surface area contributed by atoms with Gasteiger partial charge in [-0.05, 0) is 87.8 Å². The largest absolute Gasteiger partial charge is 0.309 e. The van der Waals surface area contributed by atoms with E-state index in [9.17, 15) is 0 Å². The maximum atomic E-state index is 2.47. The topological polar surface area (TPSA) is 8.81 Å². The van der Waals surface area contributed by atoms with Gasteiger partial charge >= 0.3 is 0 Å². The summed E-state index contributed by atoms with van der Waals surface area (Å²) in [5.41, 5.74) is 9.20. The van der Waals surface area contributed by atoms with E-state index < -0.39 is 0 Å². The maximum Gasteiger partial charge on any atom is 0.220 e. The molecule has 0 amide bonds. The van der Waals surface area contributed by atoms with Crippen molar-refractivity contribution in [3.8, 4) is 16.9 Å². The first kappa shape index (κ1) is 26.7. The lowest BCUT2D eigenvalue weighted by atomic mass is 9.83. The lowest BCUT2D eigenvalue weighted by molar-refractivity contribution is -0.659. The van der Waals surface area contributed by atoms with Crippen LogP contribution in [0.1, 0.15) is 31.9 Å². The van der Waals surface area contributed by atoms with Crippen LogP contribution in [0.2, 0.25) is 0 Å². The molecule has 0 saturated heterocycles. The Kier molecular flexibility index (Phi) is 5.93. The van der Waals surface area contributed by atoms with Crippen molar-refractivity contribution in [2.24, 2.45) is 12.5 Å². The Morgan fingerprint density at radius 2 is 1.20 bits per heavy atom. The van der Waals surface area contributed by atoms with Crippen molar-refractivity contribution in [3.05, 3.63) is 133 Å². The number of hydrogen-bond acceptors (Lipinski definition) is 0. The molecule has 0 spiro atoms. The smallest absolute Gasteiger partial charge is 0.220 e. The molecule has 44 heavy (non-hydrogen) atoms. The van der Waals surface area contributed by atoms with E-state index in [4.69, 9.17) is 0 Å². The quantitative estimate of drug-likeness (QED) is 0.148. The summed E-state index contributed by atoms with van der Waals surface area (Å²) in [7, 11) is 2.18. The van der Waals surface area contributed by atoms with Crippen LogP contribution in [0.25, 0.3) is 71.1 Å². The highest BCUT2D eigenvalue weighted by Crippen LogP contribution is 2.39. The lowest BCUT2D eigenvalue weighted by Crippen LogP contribution is -2.31. The molecule has 0 N–H and O–H groups in total. The summed E-state index contributed by atoms with van der Waals surface area (Å²) < 4.78 is 4.71. The summed E-state index contributed by atoms with van der Waals surface area (Å²) in [6, 6.07) is 42.7. The van der Waals surface area contributed by atoms with Gasteiger partial charge in [-0.25, -0.2) is 4.57 Å². The van der Waals surface area contributed by atoms with E-state index >= 15 is 0 Å². The third kappa shape index (κ3) is 4.12. The highest BCUT2D eigenvalue weighted by Gasteiger charge is 2.23. The van der Waals surface area contributed by atoms with E-state index in [2.05, 4.69) is 165 Å². The second-order valence-electron chi connectivity index (χ2n) is 13.6. The van der Waals surface area contributed by atoms with Crippen molar-refractivity contribution in [1.82, 2.24) is 4.57 Å². The zero-order valence-electron chi connectivity index (χ0n) is 26.1. The summed E-state index contributed by atoms with van der Waals surface area (Å²) in [6.45, 7) is 9.29. The van der Waals surface area contributed by atoms with E-state index in [0.29, 0.717) is 0 Å². The molecule has 6 aromatic carbocycles. The van der Waals surface area contributed by atoms with Crippen molar-refractivity contribution >= 4 is 54.1 Å². The number of nitrogens with zero attached hydrogens (tertiary/aromatic N) is 2. The number of para-hydroxylation sites is 2. The molecule has 2 heterocycles. The number of pyridine rings is 1. The Hall–Kier alpha value is -4.95. The minimum absolute atomic E-state index is 0.195. The van der Waals surface area contributed by atoms with Gasteiger partial charge in [-0.1, -0.05) is 93.6 Å². The molecule has 0 saturated carbocycles. The standard InChI is InChI=1S/C42H37N2/c1-27-31-12-6-7-13-32(31)29(26-42(2,3)4)25-38(27)41-37-20-18-28-24-30(19-21-33(28)34(37)22-23-43(41)5)44-39-16-10-8-14-35(39)36-15-9-11-17-40(36)44/h6-25H,26H2,1-5H3/q+1. The van der Waals surface area contributed by atoms with Gasteiger partial charge in [0.1, 0.15) is 7.05 Å². The van der Waals surface area contributed by atoms with Crippen LogP contribution >= 0.6 is 0 Å². The van der Waals surface area contributed by atoms with Gasteiger partial charge in [0.05, 0.1) is 22.0 Å². The molecule has 0 bridgehead atoms. The van der Waals surface area contributed by atoms with Crippen LogP contribution in [0.3, 0.4) is 0 Å². The van der Waals surface area contributed by atoms with Gasteiger partial charge in [0.25, 0.3) is 0 Å². The van der Waals surface area contributed by atoms with Crippen molar-refractivity contribution in [3.63, 3.8) is 0 Å². The summed E-state index contributed by atoms with van der Waals surface area (Å²) in [5.74, 6) is 0. The second kappa shape index (κ2) is 9.79. The third-order valence-corrected chi connectivity index (χ3v) is 9.33. The molecule has 0 radical (unpaired) electrons. The zero-order chi connectivity index (χ0) is 30.2. The highest BCUT2D eigenvalue weighted by molar-refractivity contribution is 6.13. The van der Waals surface area contributed by atoms with Gasteiger partial charge in [-0.3, -0.25) is 0 Å². The Morgan fingerprint density at radius 3 is 1.89 bits per heavy atom. The molecule has 0 atom stereocenters. The fraction of sp³-hybridized carbons (Fsp3) is 0.167. The van der Waals surface area contributed by atoms with Gasteiger partial charge in [-0.15, -0.1) is 0 Å². The Bertz CT molecular complexity index is 2360. The first-order valence-corrected chi connectivity index (χ1v) is 15.6. The molecular weight excluding hydrogens is 532 g/mol. The minimum Gasteiger partial charge on any atom is -0.309 e. The lowest BCUT2D eigenvalue weighted by Gasteiger charge is -2.21. The first-order valence-electron chi connectivity index (χ1n) is 15.6. The summed E-state index contributed by atoms with van der Waals surface area (Å²) in [4.78, 5) is 0. The number of aromatic nitrogens is 2. The van der Waals surface area contributed by atoms with E-state index in [0.717, 1.165) is 6.42 Å². The Balaban J connectivity index is 1.36. The molecule has 0 aliphatic rings. The van der Waals surface area contributed by atoms with Crippen molar-refractivity contribution in [2.75, 3.05) is 0 Å². The molecule has 214 valence electrons. The molecule has 8 aromatic rings. The van der Waals surface area contributed by atoms with Crippen molar-refractivity contribution in [1.29, 1.82) is 0 Å². The van der Waals surface area contributed by atoms with Crippen molar-refractivity contribution in [2.45, 2.75) is 34.1 Å². The zero-order valence-corrected chi connectivity index (χ0v) is 26.1. The van der Waals surface area contributed by atoms with E-state index in [1.54, 1.807) is 0 Å². The molecule has 0 fully saturated rings. The molecule has 2 heteroatoms. The monoisotopic (exact) mass is 569 g/mol. The average Bonchev–Trinajstić information content (AvgIpc) is 3.36. The maximum absolute atomic E-state index is 2.47. The van der Waals surface area contributed by atoms with E-state index in [1.807, 2.05) is 0 Å². The number of fused-ring (bicyclic) bond motifs is 7. The van der Waals surface area contributed by atoms with E-state index in [1.165, 1.54) is 82.2 Å². The number of aryl methyl sites for hydroxylation is 2. The normalized spacial score (nSPS) is 12.3. The third-order valence-electron chi connectivity index (χ3n) is 9.33. The van der Waals surface area contributed by atoms with E-state index in [-0.39, 0.29) is 5.41 Å². The Morgan fingerprint density at radius 1 is 0.591 bits per heavy atom. The van der Waals surface area contributed by atoms with Gasteiger partial charge in [0.2, 0.25) is 5.69 Å². The SMILES string of the molecule is Cc1c(-c2c3ccc4cc(-n5c6ccccc6c6ccccc65)ccc4c3cc[n+]2C)cc(CC(C)(C)C)c2ccccc12. The van der Waals surface area contributed by atoms with Crippen LogP contribution in [-0.2, 0) is 13.5 Å². The minimum atomic E-state index is 0.195. The molecule has 2 aromatic heterocycles. The predicted molar refractivity (Wildman–Crippen MR) is 188 cm³/mol. The van der Waals surface area contributed by atoms with Crippen LogP contribution < -0.4 is 4.57 Å². The number of hydrogen-bond donors (Lipinski definition) is 0. The van der Waals surface area contributed by atoms with Crippen LogP contribution in [-0.4, -0.2) is 4.57 Å². The first-order chi connectivity index (χ1) is 21.3. The Labute approximate surface area is 258 Å². The fourth-order valence-corrected chi connectivity index (χ4v) is 7.41. The van der Waals surface area contributed by atoms with Crippen LogP contribution in [0, 0.1) is 12.3 Å². The fourth-order valence-electron chi connectivity index (χ4n) is 7.41. The van der Waals surface area contributed by atoms with Crippen molar-refractivity contribution < 1.29 is 4.57 Å². The second-order valence-corrected chi connectivity index (χ2v) is 13.6. The van der Waals surface area contributed by atoms with Crippen LogP contribution in [0.5, 0.6) is 0 Å². The molecular formula is C42H37N2+. The molecule has 0 aliphatic heterocycles. The van der Waals surface area contributed by atoms with Crippen LogP contribution in [0.15, 0.2) is 121 Å².